The summed E-state index contributed by atoms with van der Waals surface area (Å²) in [4.78, 5) is 0. The van der Waals surface area contributed by atoms with Crippen LogP contribution in [0.4, 0.5) is 0 Å². The van der Waals surface area contributed by atoms with Gasteiger partial charge in [0, 0.05) is 7.11 Å². The van der Waals surface area contributed by atoms with Gasteiger partial charge < -0.3 is 4.74 Å². The van der Waals surface area contributed by atoms with Crippen molar-refractivity contribution in [1.29, 1.82) is 0 Å². The molecule has 1 nitrogen and oxygen atoms in total. The van der Waals surface area contributed by atoms with Crippen molar-refractivity contribution in [3.8, 4) is 0 Å². The van der Waals surface area contributed by atoms with Crippen molar-refractivity contribution in [2.24, 2.45) is 56.2 Å². The van der Waals surface area contributed by atoms with Crippen LogP contribution in [0.5, 0.6) is 0 Å². The van der Waals surface area contributed by atoms with Crippen molar-refractivity contribution in [3.63, 3.8) is 0 Å². The fourth-order valence-electron chi connectivity index (χ4n) is 12.2. The van der Waals surface area contributed by atoms with Crippen molar-refractivity contribution in [1.82, 2.24) is 0 Å². The SMILES string of the molecule is C=C(CC)C(C)(C)CC[C@@H](C)[C@H]1CC[C@@]2(C)[C@@H]3CC[C@H]4C(C)(C)[C@@H](OC)CC[C@@]45C[C@@]35CC[C@]12C. The second kappa shape index (κ2) is 8.10. The zero-order valence-corrected chi connectivity index (χ0v) is 25.0. The Hall–Kier alpha value is -0.300. The quantitative estimate of drug-likeness (QED) is 0.328. The van der Waals surface area contributed by atoms with Gasteiger partial charge in [0.1, 0.15) is 0 Å². The third-order valence-electron chi connectivity index (χ3n) is 14.7. The van der Waals surface area contributed by atoms with Crippen LogP contribution in [0.15, 0.2) is 12.2 Å². The molecule has 0 radical (unpaired) electrons. The lowest BCUT2D eigenvalue weighted by Gasteiger charge is -2.63. The van der Waals surface area contributed by atoms with Crippen LogP contribution in [0.2, 0.25) is 0 Å². The Balaban J connectivity index is 1.36. The van der Waals surface area contributed by atoms with E-state index in [4.69, 9.17) is 4.74 Å². The van der Waals surface area contributed by atoms with Crippen molar-refractivity contribution >= 4 is 0 Å². The maximum absolute atomic E-state index is 6.06. The highest BCUT2D eigenvalue weighted by molar-refractivity contribution is 5.30. The first-order valence-corrected chi connectivity index (χ1v) is 15.5. The molecule has 5 aliphatic carbocycles. The van der Waals surface area contributed by atoms with Gasteiger partial charge in [-0.1, -0.05) is 67.5 Å². The highest BCUT2D eigenvalue weighted by atomic mass is 16.5. The molecule has 5 rings (SSSR count). The van der Waals surface area contributed by atoms with E-state index in [0.29, 0.717) is 33.2 Å². The molecule has 9 atom stereocenters. The molecule has 0 bridgehead atoms. The van der Waals surface area contributed by atoms with Crippen molar-refractivity contribution < 1.29 is 4.74 Å². The third kappa shape index (κ3) is 3.27. The lowest BCUT2D eigenvalue weighted by molar-refractivity contribution is -0.166. The topological polar surface area (TPSA) is 9.23 Å². The summed E-state index contributed by atoms with van der Waals surface area (Å²) in [5, 5.41) is 0. The first kappa shape index (κ1) is 26.3. The molecule has 0 aliphatic heterocycles. The van der Waals surface area contributed by atoms with Gasteiger partial charge >= 0.3 is 0 Å². The number of hydrogen-bond donors (Lipinski definition) is 0. The lowest BCUT2D eigenvalue weighted by atomic mass is 9.41. The molecule has 0 unspecified atom stereocenters. The summed E-state index contributed by atoms with van der Waals surface area (Å²) in [6.07, 6.45) is 17.5. The van der Waals surface area contributed by atoms with Crippen LogP contribution >= 0.6 is 0 Å². The van der Waals surface area contributed by atoms with Gasteiger partial charge in [0.25, 0.3) is 0 Å². The molecule has 5 aliphatic rings. The van der Waals surface area contributed by atoms with Crippen LogP contribution in [0, 0.1) is 56.2 Å². The summed E-state index contributed by atoms with van der Waals surface area (Å²) < 4.78 is 6.06. The van der Waals surface area contributed by atoms with Gasteiger partial charge in [-0.3, -0.25) is 0 Å². The number of hydrogen-bond acceptors (Lipinski definition) is 1. The van der Waals surface area contributed by atoms with E-state index in [1.807, 2.05) is 7.11 Å². The lowest BCUT2D eigenvalue weighted by Crippen LogP contribution is -2.57. The van der Waals surface area contributed by atoms with Crippen molar-refractivity contribution in [3.05, 3.63) is 12.2 Å². The van der Waals surface area contributed by atoms with E-state index in [9.17, 15) is 0 Å². The zero-order chi connectivity index (χ0) is 25.7. The number of methoxy groups -OCH3 is 1. The van der Waals surface area contributed by atoms with Gasteiger partial charge in [-0.25, -0.2) is 0 Å². The second-order valence-electron chi connectivity index (χ2n) is 16.1. The minimum Gasteiger partial charge on any atom is -0.381 e. The molecule has 5 fully saturated rings. The summed E-state index contributed by atoms with van der Waals surface area (Å²) >= 11 is 0. The molecule has 0 aromatic rings. The molecular formula is C34H58O. The molecule has 200 valence electrons. The number of fused-ring (bicyclic) bond motifs is 2. The van der Waals surface area contributed by atoms with E-state index in [-0.39, 0.29) is 5.41 Å². The molecule has 0 aromatic carbocycles. The van der Waals surface area contributed by atoms with E-state index in [0.717, 1.165) is 30.1 Å². The highest BCUT2D eigenvalue weighted by Crippen LogP contribution is 2.89. The highest BCUT2D eigenvalue weighted by Gasteiger charge is 2.82. The van der Waals surface area contributed by atoms with Crippen LogP contribution in [-0.2, 0) is 4.74 Å². The third-order valence-corrected chi connectivity index (χ3v) is 14.7. The van der Waals surface area contributed by atoms with Gasteiger partial charge in [0.15, 0.2) is 0 Å². The Morgan fingerprint density at radius 3 is 2.23 bits per heavy atom. The van der Waals surface area contributed by atoms with Crippen LogP contribution < -0.4 is 0 Å². The van der Waals surface area contributed by atoms with Gasteiger partial charge in [-0.05, 0) is 133 Å². The molecule has 0 N–H and O–H groups in total. The molecule has 35 heavy (non-hydrogen) atoms. The largest absolute Gasteiger partial charge is 0.381 e. The van der Waals surface area contributed by atoms with Gasteiger partial charge in [0.2, 0.25) is 0 Å². The number of rotatable bonds is 7. The van der Waals surface area contributed by atoms with E-state index < -0.39 is 0 Å². The van der Waals surface area contributed by atoms with Gasteiger partial charge in [-0.15, -0.1) is 0 Å². The summed E-state index contributed by atoms with van der Waals surface area (Å²) in [6, 6.07) is 0. The Labute approximate surface area is 218 Å². The van der Waals surface area contributed by atoms with Crippen LogP contribution in [-0.4, -0.2) is 13.2 Å². The van der Waals surface area contributed by atoms with Crippen molar-refractivity contribution in [2.75, 3.05) is 7.11 Å². The Morgan fingerprint density at radius 1 is 0.914 bits per heavy atom. The average Bonchev–Trinajstić information content (AvgIpc) is 3.39. The average molecular weight is 483 g/mol. The molecule has 0 saturated heterocycles. The fraction of sp³-hybridized carbons (Fsp3) is 0.941. The molecule has 5 saturated carbocycles. The monoisotopic (exact) mass is 482 g/mol. The van der Waals surface area contributed by atoms with E-state index >= 15 is 0 Å². The van der Waals surface area contributed by atoms with E-state index in [2.05, 4.69) is 62.0 Å². The first-order valence-electron chi connectivity index (χ1n) is 15.5. The maximum Gasteiger partial charge on any atom is 0.0625 e. The minimum absolute atomic E-state index is 0.287. The number of ether oxygens (including phenoxy) is 1. The molecule has 0 amide bonds. The summed E-state index contributed by atoms with van der Waals surface area (Å²) in [5.41, 5.74) is 4.45. The first-order chi connectivity index (χ1) is 16.3. The van der Waals surface area contributed by atoms with Crippen molar-refractivity contribution in [2.45, 2.75) is 139 Å². The minimum atomic E-state index is 0.287. The van der Waals surface area contributed by atoms with Crippen LogP contribution in [0.1, 0.15) is 132 Å². The molecule has 2 spiro atoms. The summed E-state index contributed by atoms with van der Waals surface area (Å²) in [7, 11) is 1.96. The second-order valence-corrected chi connectivity index (χ2v) is 16.1. The Bertz CT molecular complexity index is 853. The maximum atomic E-state index is 6.06. The summed E-state index contributed by atoms with van der Waals surface area (Å²) in [5.74, 6) is 3.58. The van der Waals surface area contributed by atoms with Crippen LogP contribution in [0.3, 0.4) is 0 Å². The molecular weight excluding hydrogens is 424 g/mol. The normalized spacial score (nSPS) is 48.8. The zero-order valence-electron chi connectivity index (χ0n) is 25.0. The predicted molar refractivity (Wildman–Crippen MR) is 149 cm³/mol. The number of allylic oxidation sites excluding steroid dienone is 1. The van der Waals surface area contributed by atoms with Crippen LogP contribution in [0.25, 0.3) is 0 Å². The van der Waals surface area contributed by atoms with E-state index in [1.54, 1.807) is 6.42 Å². The van der Waals surface area contributed by atoms with Gasteiger partial charge in [0.05, 0.1) is 6.10 Å². The molecule has 1 heteroatoms. The standard InChI is InChI=1S/C34H58O/c1-11-24(3)29(4,5)17-14-23(2)25-15-18-32(9)27-13-12-26-30(6,7)28(35-10)16-19-33(26)22-34(27,33)21-20-31(25,32)8/h23,25-28H,3,11-22H2,1-2,4-10H3/t23-,25-,26+,27+,28+,31-,32+,33-,34+/m1/s1. The van der Waals surface area contributed by atoms with Gasteiger partial charge in [-0.2, -0.15) is 0 Å². The van der Waals surface area contributed by atoms with E-state index in [1.165, 1.54) is 69.8 Å². The molecule has 0 heterocycles. The Kier molecular flexibility index (Phi) is 6.09. The fourth-order valence-corrected chi connectivity index (χ4v) is 12.2. The molecule has 0 aromatic heterocycles. The summed E-state index contributed by atoms with van der Waals surface area (Å²) in [6.45, 7) is 24.8. The predicted octanol–water partition coefficient (Wildman–Crippen LogP) is 9.85. The smallest absolute Gasteiger partial charge is 0.0625 e. The Morgan fingerprint density at radius 2 is 1.57 bits per heavy atom.